The van der Waals surface area contributed by atoms with E-state index in [9.17, 15) is 4.79 Å². The minimum Gasteiger partial charge on any atom is -0.359 e. The van der Waals surface area contributed by atoms with Gasteiger partial charge < -0.3 is 14.7 Å². The number of amides is 1. The van der Waals surface area contributed by atoms with Crippen molar-refractivity contribution in [3.8, 4) is 0 Å². The van der Waals surface area contributed by atoms with Crippen molar-refractivity contribution in [2.45, 2.75) is 38.1 Å². The molecule has 3 aromatic rings. The minimum atomic E-state index is 0.135. The number of hydrogen-bond acceptors (Lipinski definition) is 4. The van der Waals surface area contributed by atoms with Crippen molar-refractivity contribution >= 4 is 23.9 Å². The van der Waals surface area contributed by atoms with Crippen LogP contribution in [0.15, 0.2) is 72.8 Å². The molecule has 2 fully saturated rings. The Bertz CT molecular complexity index is 1190. The average Bonchev–Trinajstić information content (AvgIpc) is 3.64. The van der Waals surface area contributed by atoms with Crippen molar-refractivity contribution in [2.24, 2.45) is 0 Å². The van der Waals surface area contributed by atoms with E-state index in [1.807, 2.05) is 42.5 Å². The molecule has 5 rings (SSSR count). The number of anilines is 1. The number of nitrogens with zero attached hydrogens (tertiary/aromatic N) is 4. The second-order valence-electron chi connectivity index (χ2n) is 10.3. The summed E-state index contributed by atoms with van der Waals surface area (Å²) in [5, 5.41) is 0. The molecule has 192 valence electrons. The Kier molecular flexibility index (Phi) is 8.32. The second kappa shape index (κ2) is 12.2. The van der Waals surface area contributed by atoms with E-state index in [0.29, 0.717) is 6.04 Å². The Morgan fingerprint density at radius 2 is 1.68 bits per heavy atom. The summed E-state index contributed by atoms with van der Waals surface area (Å²) >= 11 is 0. The fraction of sp³-hybridized carbons (Fsp3) is 0.375. The zero-order valence-electron chi connectivity index (χ0n) is 21.9. The lowest BCUT2D eigenvalue weighted by atomic mass is 10.1. The molecule has 5 nitrogen and oxygen atoms in total. The van der Waals surface area contributed by atoms with Crippen molar-refractivity contribution < 1.29 is 4.79 Å². The smallest absolute Gasteiger partial charge is 0.254 e. The summed E-state index contributed by atoms with van der Waals surface area (Å²) in [4.78, 5) is 25.6. The largest absolute Gasteiger partial charge is 0.359 e. The van der Waals surface area contributed by atoms with Crippen LogP contribution in [0.5, 0.6) is 0 Å². The molecule has 1 aromatic heterocycles. The number of rotatable bonds is 9. The van der Waals surface area contributed by atoms with Crippen LogP contribution in [-0.2, 0) is 6.42 Å². The maximum absolute atomic E-state index is 13.8. The van der Waals surface area contributed by atoms with Gasteiger partial charge in [0.1, 0.15) is 5.82 Å². The van der Waals surface area contributed by atoms with Crippen LogP contribution in [0.25, 0.3) is 12.2 Å². The first kappa shape index (κ1) is 25.2. The van der Waals surface area contributed by atoms with Gasteiger partial charge in [-0.2, -0.15) is 0 Å². The highest BCUT2D eigenvalue weighted by Crippen LogP contribution is 2.25. The zero-order valence-corrected chi connectivity index (χ0v) is 21.9. The van der Waals surface area contributed by atoms with Crippen LogP contribution in [-0.4, -0.2) is 66.5 Å². The molecule has 37 heavy (non-hydrogen) atoms. The van der Waals surface area contributed by atoms with E-state index in [1.54, 1.807) is 0 Å². The summed E-state index contributed by atoms with van der Waals surface area (Å²) in [6.45, 7) is 5.00. The van der Waals surface area contributed by atoms with Crippen LogP contribution in [0, 0.1) is 0 Å². The first-order chi connectivity index (χ1) is 18.2. The van der Waals surface area contributed by atoms with Crippen LogP contribution >= 0.6 is 0 Å². The molecule has 5 heteroatoms. The Morgan fingerprint density at radius 1 is 0.946 bits per heavy atom. The standard InChI is InChI=1S/C32H38N4O/c1-34(22-18-27-13-6-3-7-14-27)31-24-28(23-29(33-31)17-16-26-11-4-2-5-12-26)32(37)36-21-10-15-30(36)25-35-19-8-9-20-35/h2-7,11-14,16-17,23-24,30H,8-10,15,18-22,25H2,1H3/t30-/m0/s1. The van der Waals surface area contributed by atoms with Crippen molar-refractivity contribution in [2.75, 3.05) is 44.7 Å². The topological polar surface area (TPSA) is 39.7 Å². The van der Waals surface area contributed by atoms with Gasteiger partial charge in [0, 0.05) is 38.3 Å². The number of carbonyl (C=O) groups excluding carboxylic acids is 1. The Morgan fingerprint density at radius 3 is 2.43 bits per heavy atom. The van der Waals surface area contributed by atoms with Crippen LogP contribution < -0.4 is 4.90 Å². The summed E-state index contributed by atoms with van der Waals surface area (Å²) in [6.07, 6.45) is 9.75. The number of pyridine rings is 1. The highest BCUT2D eigenvalue weighted by molar-refractivity contribution is 5.96. The monoisotopic (exact) mass is 494 g/mol. The fourth-order valence-corrected chi connectivity index (χ4v) is 5.47. The van der Waals surface area contributed by atoms with Gasteiger partial charge in [0.25, 0.3) is 5.91 Å². The molecular weight excluding hydrogens is 456 g/mol. The van der Waals surface area contributed by atoms with Gasteiger partial charge in [0.2, 0.25) is 0 Å². The number of benzene rings is 2. The number of likely N-dealkylation sites (N-methyl/N-ethyl adjacent to an activating group) is 1. The lowest BCUT2D eigenvalue weighted by molar-refractivity contribution is 0.0708. The normalized spacial score (nSPS) is 18.1. The van der Waals surface area contributed by atoms with Crippen molar-refractivity contribution in [1.29, 1.82) is 0 Å². The van der Waals surface area contributed by atoms with Crippen molar-refractivity contribution in [3.63, 3.8) is 0 Å². The quantitative estimate of drug-likeness (QED) is 0.386. The van der Waals surface area contributed by atoms with Gasteiger partial charge in [-0.3, -0.25) is 4.79 Å². The third kappa shape index (κ3) is 6.66. The van der Waals surface area contributed by atoms with Crippen LogP contribution in [0.4, 0.5) is 5.82 Å². The van der Waals surface area contributed by atoms with Crippen molar-refractivity contribution in [3.05, 3.63) is 95.2 Å². The molecule has 2 aliphatic rings. The van der Waals surface area contributed by atoms with E-state index in [4.69, 9.17) is 4.98 Å². The highest BCUT2D eigenvalue weighted by atomic mass is 16.2. The third-order valence-corrected chi connectivity index (χ3v) is 7.60. The molecule has 0 bridgehead atoms. The van der Waals surface area contributed by atoms with Crippen LogP contribution in [0.3, 0.4) is 0 Å². The molecule has 2 aliphatic heterocycles. The van der Waals surface area contributed by atoms with Crippen LogP contribution in [0.2, 0.25) is 0 Å². The van der Waals surface area contributed by atoms with Gasteiger partial charge in [-0.1, -0.05) is 66.7 Å². The summed E-state index contributed by atoms with van der Waals surface area (Å²) in [6, 6.07) is 25.0. The molecule has 2 saturated heterocycles. The maximum Gasteiger partial charge on any atom is 0.254 e. The average molecular weight is 495 g/mol. The molecule has 1 atom stereocenters. The SMILES string of the molecule is CN(CCc1ccccc1)c1cc(C(=O)N2CCC[C@H]2CN2CCCC2)cc(C=Cc2ccccc2)n1. The lowest BCUT2D eigenvalue weighted by Crippen LogP contribution is -2.42. The summed E-state index contributed by atoms with van der Waals surface area (Å²) in [5.74, 6) is 0.973. The Hall–Kier alpha value is -3.44. The van der Waals surface area contributed by atoms with Gasteiger partial charge in [-0.05, 0) is 74.5 Å². The van der Waals surface area contributed by atoms with Gasteiger partial charge >= 0.3 is 0 Å². The molecule has 0 saturated carbocycles. The fourth-order valence-electron chi connectivity index (χ4n) is 5.47. The molecule has 0 unspecified atom stereocenters. The molecule has 0 aliphatic carbocycles. The Labute approximate surface area is 221 Å². The highest BCUT2D eigenvalue weighted by Gasteiger charge is 2.31. The molecule has 1 amide bonds. The number of aromatic nitrogens is 1. The van der Waals surface area contributed by atoms with E-state index >= 15 is 0 Å². The molecular formula is C32H38N4O. The first-order valence-electron chi connectivity index (χ1n) is 13.7. The van der Waals surface area contributed by atoms with E-state index in [2.05, 4.69) is 64.2 Å². The minimum absolute atomic E-state index is 0.135. The molecule has 2 aromatic carbocycles. The third-order valence-electron chi connectivity index (χ3n) is 7.60. The summed E-state index contributed by atoms with van der Waals surface area (Å²) in [5.41, 5.74) is 3.96. The number of carbonyl (C=O) groups is 1. The molecule has 0 radical (unpaired) electrons. The molecule has 0 N–H and O–H groups in total. The second-order valence-corrected chi connectivity index (χ2v) is 10.3. The van der Waals surface area contributed by atoms with Crippen molar-refractivity contribution in [1.82, 2.24) is 14.8 Å². The molecule has 3 heterocycles. The van der Waals surface area contributed by atoms with E-state index in [1.165, 1.54) is 31.5 Å². The predicted molar refractivity (Wildman–Crippen MR) is 153 cm³/mol. The Balaban J connectivity index is 1.38. The predicted octanol–water partition coefficient (Wildman–Crippen LogP) is 5.63. The molecule has 0 spiro atoms. The zero-order chi connectivity index (χ0) is 25.5. The van der Waals surface area contributed by atoms with Gasteiger partial charge in [0.05, 0.1) is 5.69 Å². The lowest BCUT2D eigenvalue weighted by Gasteiger charge is -2.29. The van der Waals surface area contributed by atoms with Gasteiger partial charge in [-0.25, -0.2) is 4.98 Å². The van der Waals surface area contributed by atoms with E-state index in [-0.39, 0.29) is 5.91 Å². The first-order valence-corrected chi connectivity index (χ1v) is 13.7. The summed E-state index contributed by atoms with van der Waals surface area (Å²) in [7, 11) is 2.07. The summed E-state index contributed by atoms with van der Waals surface area (Å²) < 4.78 is 0. The van der Waals surface area contributed by atoms with Crippen LogP contribution in [0.1, 0.15) is 52.9 Å². The number of hydrogen-bond donors (Lipinski definition) is 0. The van der Waals surface area contributed by atoms with E-state index in [0.717, 1.165) is 61.5 Å². The van der Waals surface area contributed by atoms with Gasteiger partial charge in [0.15, 0.2) is 0 Å². The van der Waals surface area contributed by atoms with E-state index < -0.39 is 0 Å². The maximum atomic E-state index is 13.8. The van der Waals surface area contributed by atoms with Gasteiger partial charge in [-0.15, -0.1) is 0 Å². The number of likely N-dealkylation sites (tertiary alicyclic amines) is 2.